The van der Waals surface area contributed by atoms with Crippen LogP contribution in [-0.2, 0) is 11.7 Å². The van der Waals surface area contributed by atoms with Gasteiger partial charge in [0.1, 0.15) is 12.4 Å². The number of rotatable bonds is 5. The summed E-state index contributed by atoms with van der Waals surface area (Å²) in [5.74, 6) is 1.53. The molecule has 0 heterocycles. The highest BCUT2D eigenvalue weighted by Crippen LogP contribution is 2.35. The van der Waals surface area contributed by atoms with E-state index in [4.69, 9.17) is 9.47 Å². The van der Waals surface area contributed by atoms with Gasteiger partial charge in [0.2, 0.25) is 0 Å². The van der Waals surface area contributed by atoms with Crippen molar-refractivity contribution in [3.05, 3.63) is 84.4 Å². The molecule has 0 saturated carbocycles. The van der Waals surface area contributed by atoms with E-state index in [1.54, 1.807) is 6.07 Å². The maximum absolute atomic E-state index is 11.6. The summed E-state index contributed by atoms with van der Waals surface area (Å²) in [6.07, 6.45) is 0. The molecule has 0 aliphatic carbocycles. The van der Waals surface area contributed by atoms with E-state index in [9.17, 15) is 5.11 Å². The van der Waals surface area contributed by atoms with Gasteiger partial charge >= 0.3 is 0 Å². The first-order valence-electron chi connectivity index (χ1n) is 7.02. The average Bonchev–Trinajstić information content (AvgIpc) is 2.56. The summed E-state index contributed by atoms with van der Waals surface area (Å²) >= 11 is 0. The van der Waals surface area contributed by atoms with Crippen molar-refractivity contribution < 1.29 is 14.6 Å². The van der Waals surface area contributed by atoms with Crippen LogP contribution in [0.1, 0.15) is 5.56 Å². The molecule has 3 rings (SSSR count). The van der Waals surface area contributed by atoms with Crippen LogP contribution in [0, 0.1) is 0 Å². The molecule has 0 aliphatic rings. The summed E-state index contributed by atoms with van der Waals surface area (Å²) in [5.41, 5.74) is 1.05. The van der Waals surface area contributed by atoms with E-state index in [0.717, 1.165) is 5.56 Å². The number of benzene rings is 3. The Morgan fingerprint density at radius 2 is 1.41 bits per heavy atom. The molecule has 0 aliphatic heterocycles. The van der Waals surface area contributed by atoms with E-state index in [1.807, 2.05) is 60.7 Å². The van der Waals surface area contributed by atoms with Crippen LogP contribution in [0.3, 0.4) is 0 Å². The predicted molar refractivity (Wildman–Crippen MR) is 83.9 cm³/mol. The van der Waals surface area contributed by atoms with Crippen molar-refractivity contribution in [2.24, 2.45) is 0 Å². The highest BCUT2D eigenvalue weighted by Gasteiger charge is 2.09. The van der Waals surface area contributed by atoms with Gasteiger partial charge < -0.3 is 9.47 Å². The number of hydrogen-bond donors (Lipinski definition) is 0. The average molecular weight is 291 g/mol. The predicted octanol–water partition coefficient (Wildman–Crippen LogP) is 5.20. The van der Waals surface area contributed by atoms with Gasteiger partial charge in [0.05, 0.1) is 0 Å². The molecule has 3 aromatic rings. The van der Waals surface area contributed by atoms with Crippen LogP contribution in [0.2, 0.25) is 0 Å². The Morgan fingerprint density at radius 1 is 0.727 bits per heavy atom. The maximum Gasteiger partial charge on any atom is 0.182 e. The van der Waals surface area contributed by atoms with E-state index in [1.165, 1.54) is 12.1 Å². The number of hydrogen-bond acceptors (Lipinski definition) is 2. The molecule has 3 heteroatoms. The van der Waals surface area contributed by atoms with Crippen molar-refractivity contribution >= 4 is 0 Å². The standard InChI is InChI=1S/C19H15O3/c20-16-11-12-18(21-14-15-7-3-1-4-8-15)19(13-16)22-17-9-5-2-6-10-17/h1-13H,14H2. The Labute approximate surface area is 129 Å². The van der Waals surface area contributed by atoms with Crippen LogP contribution in [-0.4, -0.2) is 0 Å². The highest BCUT2D eigenvalue weighted by molar-refractivity contribution is 5.47. The van der Waals surface area contributed by atoms with E-state index in [2.05, 4.69) is 0 Å². The van der Waals surface area contributed by atoms with Gasteiger partial charge in [-0.05, 0) is 29.8 Å². The van der Waals surface area contributed by atoms with E-state index >= 15 is 0 Å². The fourth-order valence-electron chi connectivity index (χ4n) is 2.04. The molecule has 0 bridgehead atoms. The molecule has 0 atom stereocenters. The highest BCUT2D eigenvalue weighted by atomic mass is 16.5. The molecule has 0 amide bonds. The molecular formula is C19H15O3. The van der Waals surface area contributed by atoms with Crippen molar-refractivity contribution in [3.63, 3.8) is 0 Å². The molecule has 22 heavy (non-hydrogen) atoms. The maximum atomic E-state index is 11.6. The minimum absolute atomic E-state index is 0.113. The van der Waals surface area contributed by atoms with E-state index in [-0.39, 0.29) is 5.75 Å². The second kappa shape index (κ2) is 6.68. The molecule has 3 nitrogen and oxygen atoms in total. The first-order valence-corrected chi connectivity index (χ1v) is 7.02. The zero-order valence-corrected chi connectivity index (χ0v) is 11.9. The zero-order chi connectivity index (χ0) is 15.2. The first-order chi connectivity index (χ1) is 10.8. The lowest BCUT2D eigenvalue weighted by Crippen LogP contribution is -1.97. The third kappa shape index (κ3) is 3.58. The van der Waals surface area contributed by atoms with Crippen LogP contribution in [0.4, 0.5) is 0 Å². The summed E-state index contributed by atoms with van der Waals surface area (Å²) in [5, 5.41) is 11.6. The third-order valence-corrected chi connectivity index (χ3v) is 3.12. The van der Waals surface area contributed by atoms with Crippen molar-refractivity contribution in [1.29, 1.82) is 0 Å². The summed E-state index contributed by atoms with van der Waals surface area (Å²) in [7, 11) is 0. The summed E-state index contributed by atoms with van der Waals surface area (Å²) < 4.78 is 11.5. The quantitative estimate of drug-likeness (QED) is 0.648. The lowest BCUT2D eigenvalue weighted by atomic mass is 10.2. The lowest BCUT2D eigenvalue weighted by molar-refractivity contribution is 0.288. The van der Waals surface area contributed by atoms with Crippen LogP contribution >= 0.6 is 0 Å². The molecule has 1 radical (unpaired) electrons. The fraction of sp³-hybridized carbons (Fsp3) is 0.0526. The second-order valence-corrected chi connectivity index (χ2v) is 4.80. The Kier molecular flexibility index (Phi) is 4.25. The summed E-state index contributed by atoms with van der Waals surface area (Å²) in [6, 6.07) is 23.7. The topological polar surface area (TPSA) is 38.4 Å². The Morgan fingerprint density at radius 3 is 2.14 bits per heavy atom. The lowest BCUT2D eigenvalue weighted by Gasteiger charge is -2.12. The second-order valence-electron chi connectivity index (χ2n) is 4.80. The first kappa shape index (κ1) is 14.0. The molecular weight excluding hydrogens is 276 g/mol. The van der Waals surface area contributed by atoms with Gasteiger partial charge in [0.25, 0.3) is 0 Å². The molecule has 0 aromatic heterocycles. The smallest absolute Gasteiger partial charge is 0.182 e. The molecule has 0 spiro atoms. The third-order valence-electron chi connectivity index (χ3n) is 3.12. The van der Waals surface area contributed by atoms with Gasteiger partial charge in [-0.25, -0.2) is 0 Å². The number of para-hydroxylation sites is 1. The van der Waals surface area contributed by atoms with Crippen LogP contribution in [0.5, 0.6) is 23.0 Å². The fourth-order valence-corrected chi connectivity index (χ4v) is 2.04. The Bertz CT molecular complexity index is 724. The van der Waals surface area contributed by atoms with Crippen LogP contribution in [0.25, 0.3) is 0 Å². The van der Waals surface area contributed by atoms with Crippen molar-refractivity contribution in [2.45, 2.75) is 6.61 Å². The van der Waals surface area contributed by atoms with Gasteiger partial charge in [-0.2, -0.15) is 0 Å². The largest absolute Gasteiger partial charge is 0.485 e. The monoisotopic (exact) mass is 291 g/mol. The zero-order valence-electron chi connectivity index (χ0n) is 11.9. The minimum atomic E-state index is -0.113. The van der Waals surface area contributed by atoms with Gasteiger partial charge in [0.15, 0.2) is 17.2 Å². The molecule has 0 N–H and O–H groups in total. The molecule has 0 unspecified atom stereocenters. The van der Waals surface area contributed by atoms with Crippen molar-refractivity contribution in [2.75, 3.05) is 0 Å². The SMILES string of the molecule is [O]c1ccc(OCc2ccccc2)c(Oc2ccccc2)c1. The van der Waals surface area contributed by atoms with Crippen molar-refractivity contribution in [3.8, 4) is 23.0 Å². The van der Waals surface area contributed by atoms with E-state index in [0.29, 0.717) is 23.9 Å². The molecule has 0 saturated heterocycles. The number of ether oxygens (including phenoxy) is 2. The summed E-state index contributed by atoms with van der Waals surface area (Å²) in [6.45, 7) is 0.421. The van der Waals surface area contributed by atoms with E-state index < -0.39 is 0 Å². The minimum Gasteiger partial charge on any atom is -0.485 e. The van der Waals surface area contributed by atoms with Crippen LogP contribution in [0.15, 0.2) is 78.9 Å². The van der Waals surface area contributed by atoms with Crippen molar-refractivity contribution in [1.82, 2.24) is 0 Å². The van der Waals surface area contributed by atoms with Gasteiger partial charge in [-0.3, -0.25) is 5.11 Å². The summed E-state index contributed by atoms with van der Waals surface area (Å²) in [4.78, 5) is 0. The molecule has 109 valence electrons. The van der Waals surface area contributed by atoms with Crippen LogP contribution < -0.4 is 9.47 Å². The molecule has 0 fully saturated rings. The van der Waals surface area contributed by atoms with Gasteiger partial charge in [0, 0.05) is 6.07 Å². The van der Waals surface area contributed by atoms with Gasteiger partial charge in [-0.15, -0.1) is 0 Å². The van der Waals surface area contributed by atoms with Gasteiger partial charge in [-0.1, -0.05) is 48.5 Å². The normalized spacial score (nSPS) is 10.2. The molecule has 3 aromatic carbocycles. The Balaban J connectivity index is 1.78. The Hall–Kier alpha value is -2.94.